The molecule has 1 aliphatic heterocycles. The van der Waals surface area contributed by atoms with Gasteiger partial charge in [-0.05, 0) is 25.0 Å². The number of piperidine rings is 1. The first-order valence-electron chi connectivity index (χ1n) is 6.54. The average molecular weight is 298 g/mol. The van der Waals surface area contributed by atoms with E-state index in [1.807, 2.05) is 0 Å². The molecule has 1 unspecified atom stereocenters. The Morgan fingerprint density at radius 3 is 2.95 bits per heavy atom. The highest BCUT2D eigenvalue weighted by atomic mass is 32.2. The molecule has 1 aromatic rings. The summed E-state index contributed by atoms with van der Waals surface area (Å²) < 4.78 is 31.3. The Labute approximate surface area is 118 Å². The first kappa shape index (κ1) is 14.9. The normalized spacial score (nSPS) is 20.6. The van der Waals surface area contributed by atoms with Gasteiger partial charge in [-0.3, -0.25) is 9.78 Å². The van der Waals surface area contributed by atoms with Crippen LogP contribution in [0.3, 0.4) is 0 Å². The smallest absolute Gasteiger partial charge is 0.307 e. The van der Waals surface area contributed by atoms with E-state index in [0.717, 1.165) is 12.8 Å². The minimum absolute atomic E-state index is 0.0932. The van der Waals surface area contributed by atoms with Crippen LogP contribution < -0.4 is 0 Å². The van der Waals surface area contributed by atoms with Crippen molar-refractivity contribution < 1.29 is 17.9 Å². The molecule has 0 aromatic carbocycles. The molecule has 1 atom stereocenters. The molecule has 0 spiro atoms. The maximum Gasteiger partial charge on any atom is 0.307 e. The third-order valence-corrected chi connectivity index (χ3v) is 5.38. The van der Waals surface area contributed by atoms with Crippen LogP contribution in [-0.4, -0.2) is 43.4 Å². The molecule has 1 aliphatic rings. The number of ether oxygens (including phenoxy) is 1. The predicted octanol–water partition coefficient (Wildman–Crippen LogP) is 1.19. The molecule has 0 aliphatic carbocycles. The summed E-state index contributed by atoms with van der Waals surface area (Å²) in [6, 6.07) is 2.78. The number of nitrogens with zero attached hydrogens (tertiary/aromatic N) is 2. The van der Waals surface area contributed by atoms with Crippen LogP contribution in [-0.2, 0) is 19.6 Å². The fraction of sp³-hybridized carbons (Fsp3) is 0.538. The van der Waals surface area contributed by atoms with Crippen LogP contribution in [0, 0.1) is 0 Å². The highest BCUT2D eigenvalue weighted by molar-refractivity contribution is 7.89. The second-order valence-corrected chi connectivity index (χ2v) is 6.62. The van der Waals surface area contributed by atoms with Gasteiger partial charge in [0.15, 0.2) is 0 Å². The van der Waals surface area contributed by atoms with E-state index in [9.17, 15) is 13.2 Å². The van der Waals surface area contributed by atoms with E-state index in [4.69, 9.17) is 0 Å². The molecule has 20 heavy (non-hydrogen) atoms. The van der Waals surface area contributed by atoms with Crippen LogP contribution in [0.4, 0.5) is 0 Å². The topological polar surface area (TPSA) is 76.6 Å². The molecule has 2 heterocycles. The number of pyridine rings is 1. The first-order valence-corrected chi connectivity index (χ1v) is 7.98. The van der Waals surface area contributed by atoms with Gasteiger partial charge in [0, 0.05) is 25.0 Å². The van der Waals surface area contributed by atoms with Crippen molar-refractivity contribution in [2.45, 2.75) is 36.6 Å². The monoisotopic (exact) mass is 298 g/mol. The SMILES string of the molecule is COC(=O)CC1CCCCN1S(=O)(=O)c1cccnc1. The Morgan fingerprint density at radius 2 is 2.30 bits per heavy atom. The molecule has 0 saturated carbocycles. The summed E-state index contributed by atoms with van der Waals surface area (Å²) >= 11 is 0. The maximum absolute atomic E-state index is 12.6. The van der Waals surface area contributed by atoms with E-state index < -0.39 is 10.0 Å². The molecular formula is C13H18N2O4S. The lowest BCUT2D eigenvalue weighted by Crippen LogP contribution is -2.44. The lowest BCUT2D eigenvalue weighted by molar-refractivity contribution is -0.141. The fourth-order valence-electron chi connectivity index (χ4n) is 2.41. The largest absolute Gasteiger partial charge is 0.469 e. The van der Waals surface area contributed by atoms with Crippen LogP contribution >= 0.6 is 0 Å². The summed E-state index contributed by atoms with van der Waals surface area (Å²) in [6.45, 7) is 0.429. The van der Waals surface area contributed by atoms with E-state index in [-0.39, 0.29) is 23.3 Å². The van der Waals surface area contributed by atoms with Gasteiger partial charge >= 0.3 is 5.97 Å². The van der Waals surface area contributed by atoms with Crippen molar-refractivity contribution in [1.29, 1.82) is 0 Å². The summed E-state index contributed by atoms with van der Waals surface area (Å²) in [4.78, 5) is 15.4. The van der Waals surface area contributed by atoms with Crippen molar-refractivity contribution in [3.63, 3.8) is 0 Å². The Balaban J connectivity index is 2.25. The van der Waals surface area contributed by atoms with Crippen molar-refractivity contribution in [2.75, 3.05) is 13.7 Å². The second kappa shape index (κ2) is 6.32. The molecule has 6 nitrogen and oxygen atoms in total. The summed E-state index contributed by atoms with van der Waals surface area (Å²) in [5, 5.41) is 0. The minimum Gasteiger partial charge on any atom is -0.469 e. The van der Waals surface area contributed by atoms with E-state index in [1.54, 1.807) is 6.07 Å². The number of hydrogen-bond donors (Lipinski definition) is 0. The molecule has 0 bridgehead atoms. The molecule has 0 N–H and O–H groups in total. The molecule has 7 heteroatoms. The predicted molar refractivity (Wildman–Crippen MR) is 72.4 cm³/mol. The molecule has 110 valence electrons. The van der Waals surface area contributed by atoms with Crippen LogP contribution in [0.5, 0.6) is 0 Å². The van der Waals surface area contributed by atoms with Gasteiger partial charge in [0.1, 0.15) is 4.90 Å². The number of hydrogen-bond acceptors (Lipinski definition) is 5. The van der Waals surface area contributed by atoms with Crippen molar-refractivity contribution in [3.05, 3.63) is 24.5 Å². The van der Waals surface area contributed by atoms with Crippen LogP contribution in [0.2, 0.25) is 0 Å². The third-order valence-electron chi connectivity index (χ3n) is 3.44. The van der Waals surface area contributed by atoms with Gasteiger partial charge in [0.25, 0.3) is 0 Å². The Kier molecular flexibility index (Phi) is 4.72. The lowest BCUT2D eigenvalue weighted by Gasteiger charge is -2.33. The Hall–Kier alpha value is -1.47. The lowest BCUT2D eigenvalue weighted by atomic mass is 10.0. The molecule has 1 saturated heterocycles. The van der Waals surface area contributed by atoms with Crippen LogP contribution in [0.1, 0.15) is 25.7 Å². The van der Waals surface area contributed by atoms with E-state index in [0.29, 0.717) is 13.0 Å². The zero-order chi connectivity index (χ0) is 14.6. The quantitative estimate of drug-likeness (QED) is 0.780. The third kappa shape index (κ3) is 3.16. The maximum atomic E-state index is 12.6. The van der Waals surface area contributed by atoms with Gasteiger partial charge in [-0.1, -0.05) is 6.42 Å². The van der Waals surface area contributed by atoms with Crippen LogP contribution in [0.25, 0.3) is 0 Å². The Morgan fingerprint density at radius 1 is 1.50 bits per heavy atom. The number of rotatable bonds is 4. The molecule has 1 fully saturated rings. The highest BCUT2D eigenvalue weighted by Gasteiger charge is 2.34. The Bertz CT molecular complexity index is 559. The van der Waals surface area contributed by atoms with Crippen molar-refractivity contribution >= 4 is 16.0 Å². The number of aromatic nitrogens is 1. The van der Waals surface area contributed by atoms with E-state index in [2.05, 4.69) is 9.72 Å². The summed E-state index contributed by atoms with van der Waals surface area (Å²) in [5.41, 5.74) is 0. The summed E-state index contributed by atoms with van der Waals surface area (Å²) in [5.74, 6) is -0.386. The van der Waals surface area contributed by atoms with E-state index >= 15 is 0 Å². The highest BCUT2D eigenvalue weighted by Crippen LogP contribution is 2.26. The number of carbonyl (C=O) groups excluding carboxylic acids is 1. The van der Waals surface area contributed by atoms with Crippen molar-refractivity contribution in [3.8, 4) is 0 Å². The summed E-state index contributed by atoms with van der Waals surface area (Å²) in [7, 11) is -2.29. The van der Waals surface area contributed by atoms with Crippen molar-refractivity contribution in [2.24, 2.45) is 0 Å². The average Bonchev–Trinajstić information content (AvgIpc) is 2.48. The first-order chi connectivity index (χ1) is 9.55. The molecule has 2 rings (SSSR count). The zero-order valence-corrected chi connectivity index (χ0v) is 12.2. The molecule has 0 radical (unpaired) electrons. The summed E-state index contributed by atoms with van der Waals surface area (Å²) in [6.07, 6.45) is 5.35. The van der Waals surface area contributed by atoms with Gasteiger partial charge in [0.2, 0.25) is 10.0 Å². The number of carbonyl (C=O) groups is 1. The van der Waals surface area contributed by atoms with Crippen LogP contribution in [0.15, 0.2) is 29.4 Å². The standard InChI is InChI=1S/C13H18N2O4S/c1-19-13(16)9-11-5-2-3-8-15(11)20(17,18)12-6-4-7-14-10-12/h4,6-7,10-11H,2-3,5,8-9H2,1H3. The second-order valence-electron chi connectivity index (χ2n) is 4.73. The molecular weight excluding hydrogens is 280 g/mol. The van der Waals surface area contributed by atoms with E-state index in [1.165, 1.54) is 29.9 Å². The minimum atomic E-state index is -3.60. The molecule has 0 amide bonds. The van der Waals surface area contributed by atoms with Crippen molar-refractivity contribution in [1.82, 2.24) is 9.29 Å². The zero-order valence-electron chi connectivity index (χ0n) is 11.4. The van der Waals surface area contributed by atoms with Gasteiger partial charge in [0.05, 0.1) is 13.5 Å². The number of methoxy groups -OCH3 is 1. The molecule has 1 aromatic heterocycles. The fourth-order valence-corrected chi connectivity index (χ4v) is 4.06. The van der Waals surface area contributed by atoms with Gasteiger partial charge in [-0.15, -0.1) is 0 Å². The van der Waals surface area contributed by atoms with Gasteiger partial charge in [-0.25, -0.2) is 8.42 Å². The van der Waals surface area contributed by atoms with Gasteiger partial charge in [-0.2, -0.15) is 4.31 Å². The number of esters is 1. The number of sulfonamides is 1. The van der Waals surface area contributed by atoms with Gasteiger partial charge < -0.3 is 4.74 Å².